The van der Waals surface area contributed by atoms with Gasteiger partial charge in [-0.25, -0.2) is 4.98 Å². The fourth-order valence-electron chi connectivity index (χ4n) is 1.54. The molecule has 1 saturated heterocycles. The van der Waals surface area contributed by atoms with E-state index in [2.05, 4.69) is 15.3 Å². The van der Waals surface area contributed by atoms with Crippen LogP contribution in [-0.2, 0) is 0 Å². The Labute approximate surface area is 77.7 Å². The van der Waals surface area contributed by atoms with Crippen LogP contribution in [0.15, 0.2) is 6.33 Å². The van der Waals surface area contributed by atoms with E-state index in [1.807, 2.05) is 6.92 Å². The predicted octanol–water partition coefficient (Wildman–Crippen LogP) is 0.849. The smallest absolute Gasteiger partial charge is 0.234 e. The van der Waals surface area contributed by atoms with Crippen LogP contribution in [0.25, 0.3) is 0 Å². The Bertz CT molecular complexity index is 266. The van der Waals surface area contributed by atoms with Crippen LogP contribution in [0.2, 0.25) is 0 Å². The monoisotopic (exact) mass is 181 g/mol. The Kier molecular flexibility index (Phi) is 2.49. The molecular formula is C9H15N3O. The Morgan fingerprint density at radius 3 is 2.85 bits per heavy atom. The van der Waals surface area contributed by atoms with Gasteiger partial charge in [0.25, 0.3) is 0 Å². The van der Waals surface area contributed by atoms with Gasteiger partial charge in [-0.3, -0.25) is 0 Å². The zero-order valence-electron chi connectivity index (χ0n) is 7.84. The van der Waals surface area contributed by atoms with Crippen LogP contribution >= 0.6 is 0 Å². The molecular weight excluding hydrogens is 166 g/mol. The van der Waals surface area contributed by atoms with Crippen LogP contribution in [0, 0.1) is 6.92 Å². The molecule has 2 heterocycles. The molecule has 4 heteroatoms. The number of aryl methyl sites for hydroxylation is 1. The predicted molar refractivity (Wildman–Crippen MR) is 49.8 cm³/mol. The van der Waals surface area contributed by atoms with Gasteiger partial charge < -0.3 is 15.0 Å². The Morgan fingerprint density at radius 1 is 1.46 bits per heavy atom. The van der Waals surface area contributed by atoms with Crippen molar-refractivity contribution in [2.45, 2.75) is 25.9 Å². The third kappa shape index (κ3) is 2.01. The van der Waals surface area contributed by atoms with E-state index < -0.39 is 0 Å². The molecule has 0 aliphatic carbocycles. The lowest BCUT2D eigenvalue weighted by atomic mass is 10.1. The third-order valence-corrected chi connectivity index (χ3v) is 2.35. The maximum Gasteiger partial charge on any atom is 0.234 e. The second-order valence-electron chi connectivity index (χ2n) is 3.40. The minimum Gasteiger partial charge on any atom is -0.473 e. The molecule has 2 rings (SSSR count). The minimum atomic E-state index is 0.336. The molecule has 4 nitrogen and oxygen atoms in total. The summed E-state index contributed by atoms with van der Waals surface area (Å²) in [6.07, 6.45) is 4.16. The van der Waals surface area contributed by atoms with Gasteiger partial charge in [0.05, 0.1) is 12.0 Å². The van der Waals surface area contributed by atoms with Crippen molar-refractivity contribution < 1.29 is 4.74 Å². The first-order valence-electron chi connectivity index (χ1n) is 4.73. The van der Waals surface area contributed by atoms with Crippen molar-refractivity contribution in [1.82, 2.24) is 15.3 Å². The van der Waals surface area contributed by atoms with Crippen LogP contribution < -0.4 is 10.1 Å². The Hall–Kier alpha value is -1.03. The lowest BCUT2D eigenvalue weighted by molar-refractivity contribution is 0.155. The maximum absolute atomic E-state index is 5.74. The molecule has 72 valence electrons. The number of imidazole rings is 1. The van der Waals surface area contributed by atoms with Gasteiger partial charge in [-0.15, -0.1) is 0 Å². The van der Waals surface area contributed by atoms with Gasteiger partial charge in [0.15, 0.2) is 0 Å². The Morgan fingerprint density at radius 2 is 2.23 bits per heavy atom. The van der Waals surface area contributed by atoms with Gasteiger partial charge in [0.2, 0.25) is 5.88 Å². The molecule has 0 spiro atoms. The van der Waals surface area contributed by atoms with Crippen LogP contribution in [0.3, 0.4) is 0 Å². The van der Waals surface area contributed by atoms with E-state index in [9.17, 15) is 0 Å². The number of piperidine rings is 1. The van der Waals surface area contributed by atoms with Crippen molar-refractivity contribution in [1.29, 1.82) is 0 Å². The lowest BCUT2D eigenvalue weighted by Crippen LogP contribution is -2.34. The fourth-order valence-corrected chi connectivity index (χ4v) is 1.54. The number of hydrogen-bond acceptors (Lipinski definition) is 3. The number of nitrogens with zero attached hydrogens (tertiary/aromatic N) is 1. The van der Waals surface area contributed by atoms with Crippen LogP contribution in [0.1, 0.15) is 18.5 Å². The van der Waals surface area contributed by atoms with Crippen molar-refractivity contribution in [3.8, 4) is 5.88 Å². The summed E-state index contributed by atoms with van der Waals surface area (Å²) >= 11 is 0. The van der Waals surface area contributed by atoms with Crippen molar-refractivity contribution in [3.63, 3.8) is 0 Å². The quantitative estimate of drug-likeness (QED) is 0.711. The summed E-state index contributed by atoms with van der Waals surface area (Å²) in [6, 6.07) is 0. The molecule has 1 aliphatic heterocycles. The zero-order valence-corrected chi connectivity index (χ0v) is 7.84. The van der Waals surface area contributed by atoms with Crippen LogP contribution in [-0.4, -0.2) is 29.2 Å². The maximum atomic E-state index is 5.74. The molecule has 0 radical (unpaired) electrons. The summed E-state index contributed by atoms with van der Waals surface area (Å²) in [5.74, 6) is 0.756. The average Bonchev–Trinajstić information content (AvgIpc) is 2.54. The topological polar surface area (TPSA) is 49.9 Å². The number of rotatable bonds is 2. The third-order valence-electron chi connectivity index (χ3n) is 2.35. The highest BCUT2D eigenvalue weighted by Crippen LogP contribution is 2.16. The number of H-pyrrole nitrogens is 1. The molecule has 13 heavy (non-hydrogen) atoms. The molecule has 0 unspecified atom stereocenters. The van der Waals surface area contributed by atoms with Crippen LogP contribution in [0.5, 0.6) is 5.88 Å². The highest BCUT2D eigenvalue weighted by Gasteiger charge is 2.15. The van der Waals surface area contributed by atoms with Gasteiger partial charge in [0.1, 0.15) is 6.10 Å². The van der Waals surface area contributed by atoms with Crippen molar-refractivity contribution in [2.75, 3.05) is 13.1 Å². The van der Waals surface area contributed by atoms with Gasteiger partial charge in [-0.2, -0.15) is 0 Å². The first-order valence-corrected chi connectivity index (χ1v) is 4.73. The summed E-state index contributed by atoms with van der Waals surface area (Å²) in [4.78, 5) is 7.12. The molecule has 0 atom stereocenters. The second-order valence-corrected chi connectivity index (χ2v) is 3.40. The standard InChI is InChI=1S/C9H15N3O/c1-7-9(12-6-11-7)13-8-2-4-10-5-3-8/h6,8,10H,2-5H2,1H3,(H,11,12). The van der Waals surface area contributed by atoms with Crippen molar-refractivity contribution >= 4 is 0 Å². The molecule has 0 amide bonds. The number of ether oxygens (including phenoxy) is 1. The zero-order chi connectivity index (χ0) is 9.10. The summed E-state index contributed by atoms with van der Waals surface area (Å²) in [6.45, 7) is 4.08. The average molecular weight is 181 g/mol. The van der Waals surface area contributed by atoms with Crippen molar-refractivity contribution in [3.05, 3.63) is 12.0 Å². The highest BCUT2D eigenvalue weighted by atomic mass is 16.5. The van der Waals surface area contributed by atoms with E-state index >= 15 is 0 Å². The normalized spacial score (nSPS) is 18.8. The number of hydrogen-bond donors (Lipinski definition) is 2. The second kappa shape index (κ2) is 3.79. The van der Waals surface area contributed by atoms with Crippen LogP contribution in [0.4, 0.5) is 0 Å². The highest BCUT2D eigenvalue weighted by molar-refractivity contribution is 5.15. The summed E-state index contributed by atoms with van der Waals surface area (Å²) < 4.78 is 5.74. The molecule has 0 bridgehead atoms. The van der Waals surface area contributed by atoms with Crippen molar-refractivity contribution in [2.24, 2.45) is 0 Å². The molecule has 1 aromatic heterocycles. The molecule has 1 aromatic rings. The van der Waals surface area contributed by atoms with E-state index in [-0.39, 0.29) is 0 Å². The molecule has 0 aromatic carbocycles. The molecule has 1 aliphatic rings. The van der Waals surface area contributed by atoms with Gasteiger partial charge >= 0.3 is 0 Å². The van der Waals surface area contributed by atoms with Gasteiger partial charge in [-0.05, 0) is 32.9 Å². The van der Waals surface area contributed by atoms with E-state index in [1.54, 1.807) is 6.33 Å². The Balaban J connectivity index is 1.93. The van der Waals surface area contributed by atoms with E-state index in [4.69, 9.17) is 4.74 Å². The molecule has 2 N–H and O–H groups in total. The van der Waals surface area contributed by atoms with E-state index in [1.165, 1.54) is 0 Å². The minimum absolute atomic E-state index is 0.336. The number of aromatic amines is 1. The fraction of sp³-hybridized carbons (Fsp3) is 0.667. The summed E-state index contributed by atoms with van der Waals surface area (Å²) in [5.41, 5.74) is 1.01. The number of nitrogens with one attached hydrogen (secondary N) is 2. The van der Waals surface area contributed by atoms with E-state index in [0.717, 1.165) is 37.5 Å². The first-order chi connectivity index (χ1) is 6.36. The molecule has 1 fully saturated rings. The van der Waals surface area contributed by atoms with Gasteiger partial charge in [-0.1, -0.05) is 0 Å². The summed E-state index contributed by atoms with van der Waals surface area (Å²) in [5, 5.41) is 3.30. The van der Waals surface area contributed by atoms with E-state index in [0.29, 0.717) is 6.10 Å². The largest absolute Gasteiger partial charge is 0.473 e. The lowest BCUT2D eigenvalue weighted by Gasteiger charge is -2.22. The number of aromatic nitrogens is 2. The first kappa shape index (κ1) is 8.56. The van der Waals surface area contributed by atoms with Gasteiger partial charge in [0, 0.05) is 0 Å². The SMILES string of the molecule is Cc1[nH]cnc1OC1CCNCC1. The molecule has 0 saturated carbocycles. The summed E-state index contributed by atoms with van der Waals surface area (Å²) in [7, 11) is 0.